The molecule has 17 heavy (non-hydrogen) atoms. The number of carbonyl (C=O) groups is 1. The van der Waals surface area contributed by atoms with Gasteiger partial charge < -0.3 is 10.5 Å². The van der Waals surface area contributed by atoms with Crippen LogP contribution in [-0.2, 0) is 4.74 Å². The van der Waals surface area contributed by atoms with Crippen LogP contribution in [0.15, 0.2) is 24.3 Å². The zero-order valence-electron chi connectivity index (χ0n) is 9.43. The highest BCUT2D eigenvalue weighted by Gasteiger charge is 2.31. The molecule has 4 nitrogen and oxygen atoms in total. The van der Waals surface area contributed by atoms with Crippen LogP contribution in [0.2, 0.25) is 5.02 Å². The maximum Gasteiger partial charge on any atom is 0.414 e. The molecule has 1 saturated heterocycles. The topological polar surface area (TPSA) is 55.6 Å². The number of anilines is 1. The van der Waals surface area contributed by atoms with Crippen molar-refractivity contribution in [2.24, 2.45) is 5.73 Å². The van der Waals surface area contributed by atoms with E-state index in [4.69, 9.17) is 22.1 Å². The van der Waals surface area contributed by atoms with Crippen LogP contribution >= 0.6 is 11.6 Å². The highest BCUT2D eigenvalue weighted by molar-refractivity contribution is 6.33. The molecule has 0 bridgehead atoms. The normalized spacial score (nSPS) is 20.2. The lowest BCUT2D eigenvalue weighted by molar-refractivity contribution is 0.128. The van der Waals surface area contributed by atoms with Crippen molar-refractivity contribution in [3.05, 3.63) is 29.3 Å². The lowest BCUT2D eigenvalue weighted by atomic mass is 10.1. The Kier molecular flexibility index (Phi) is 3.86. The summed E-state index contributed by atoms with van der Waals surface area (Å²) in [4.78, 5) is 13.4. The van der Waals surface area contributed by atoms with Gasteiger partial charge in [-0.15, -0.1) is 0 Å². The Labute approximate surface area is 105 Å². The SMILES string of the molecule is NCCC1CCOC(=O)N1c1ccccc1Cl. The number of nitrogens with zero attached hydrogens (tertiary/aromatic N) is 1. The van der Waals surface area contributed by atoms with Gasteiger partial charge in [-0.3, -0.25) is 4.90 Å². The van der Waals surface area contributed by atoms with Crippen molar-refractivity contribution in [2.45, 2.75) is 18.9 Å². The van der Waals surface area contributed by atoms with Gasteiger partial charge in [-0.25, -0.2) is 4.79 Å². The van der Waals surface area contributed by atoms with Crippen LogP contribution in [-0.4, -0.2) is 25.3 Å². The van der Waals surface area contributed by atoms with Gasteiger partial charge in [0, 0.05) is 12.5 Å². The van der Waals surface area contributed by atoms with Gasteiger partial charge in [0.05, 0.1) is 17.3 Å². The van der Waals surface area contributed by atoms with Gasteiger partial charge in [0.25, 0.3) is 0 Å². The number of para-hydroxylation sites is 1. The molecule has 2 N–H and O–H groups in total. The average molecular weight is 255 g/mol. The second-order valence-electron chi connectivity index (χ2n) is 3.96. The second kappa shape index (κ2) is 5.38. The number of nitrogens with two attached hydrogens (primary N) is 1. The van der Waals surface area contributed by atoms with Crippen molar-refractivity contribution >= 4 is 23.4 Å². The summed E-state index contributed by atoms with van der Waals surface area (Å²) in [5, 5.41) is 0.549. The van der Waals surface area contributed by atoms with E-state index in [9.17, 15) is 4.79 Å². The summed E-state index contributed by atoms with van der Waals surface area (Å²) in [6.45, 7) is 0.989. The van der Waals surface area contributed by atoms with Crippen LogP contribution in [0, 0.1) is 0 Å². The minimum Gasteiger partial charge on any atom is -0.449 e. The molecule has 0 radical (unpaired) electrons. The number of ether oxygens (including phenoxy) is 1. The van der Waals surface area contributed by atoms with Gasteiger partial charge in [0.2, 0.25) is 0 Å². The van der Waals surface area contributed by atoms with Gasteiger partial charge in [0.15, 0.2) is 0 Å². The standard InChI is InChI=1S/C12H15ClN2O2/c13-10-3-1-2-4-11(10)15-9(5-7-14)6-8-17-12(15)16/h1-4,9H,5-8,14H2. The van der Waals surface area contributed by atoms with Crippen LogP contribution in [0.5, 0.6) is 0 Å². The van der Waals surface area contributed by atoms with Crippen molar-refractivity contribution in [1.29, 1.82) is 0 Å². The summed E-state index contributed by atoms with van der Waals surface area (Å²) < 4.78 is 5.06. The Morgan fingerprint density at radius 2 is 2.24 bits per heavy atom. The third kappa shape index (κ3) is 2.53. The van der Waals surface area contributed by atoms with Crippen molar-refractivity contribution < 1.29 is 9.53 Å². The van der Waals surface area contributed by atoms with Crippen molar-refractivity contribution in [3.8, 4) is 0 Å². The second-order valence-corrected chi connectivity index (χ2v) is 4.36. The quantitative estimate of drug-likeness (QED) is 0.901. The third-order valence-electron chi connectivity index (χ3n) is 2.85. The van der Waals surface area contributed by atoms with E-state index in [1.807, 2.05) is 18.2 Å². The minimum atomic E-state index is -0.345. The zero-order valence-corrected chi connectivity index (χ0v) is 10.2. The molecule has 0 spiro atoms. The first-order valence-corrected chi connectivity index (χ1v) is 6.02. The molecule has 1 aromatic rings. The van der Waals surface area contributed by atoms with Crippen LogP contribution in [0.1, 0.15) is 12.8 Å². The van der Waals surface area contributed by atoms with Crippen LogP contribution in [0.4, 0.5) is 10.5 Å². The minimum absolute atomic E-state index is 0.0705. The largest absolute Gasteiger partial charge is 0.449 e. The lowest BCUT2D eigenvalue weighted by Gasteiger charge is -2.35. The van der Waals surface area contributed by atoms with E-state index < -0.39 is 0 Å². The number of rotatable bonds is 3. The Bertz CT molecular complexity index is 409. The highest BCUT2D eigenvalue weighted by Crippen LogP contribution is 2.30. The molecular formula is C12H15ClN2O2. The summed E-state index contributed by atoms with van der Waals surface area (Å²) >= 11 is 6.11. The number of cyclic esters (lactones) is 1. The summed E-state index contributed by atoms with van der Waals surface area (Å²) in [5.74, 6) is 0. The summed E-state index contributed by atoms with van der Waals surface area (Å²) in [6, 6.07) is 7.33. The fraction of sp³-hybridized carbons (Fsp3) is 0.417. The summed E-state index contributed by atoms with van der Waals surface area (Å²) in [7, 11) is 0. The number of hydrogen-bond acceptors (Lipinski definition) is 3. The molecule has 1 aromatic carbocycles. The fourth-order valence-corrected chi connectivity index (χ4v) is 2.26. The molecule has 1 unspecified atom stereocenters. The van der Waals surface area contributed by atoms with Crippen molar-refractivity contribution in [3.63, 3.8) is 0 Å². The van der Waals surface area contributed by atoms with Gasteiger partial charge in [-0.2, -0.15) is 0 Å². The molecule has 1 fully saturated rings. The van der Waals surface area contributed by atoms with Crippen LogP contribution < -0.4 is 10.6 Å². The molecule has 1 amide bonds. The Morgan fingerprint density at radius 3 is 2.94 bits per heavy atom. The molecule has 5 heteroatoms. The molecule has 0 aromatic heterocycles. The molecule has 1 aliphatic heterocycles. The Hall–Kier alpha value is -1.26. The van der Waals surface area contributed by atoms with Gasteiger partial charge in [-0.05, 0) is 25.1 Å². The van der Waals surface area contributed by atoms with E-state index in [1.54, 1.807) is 11.0 Å². The first kappa shape index (κ1) is 12.2. The van der Waals surface area contributed by atoms with E-state index in [-0.39, 0.29) is 12.1 Å². The van der Waals surface area contributed by atoms with E-state index in [0.29, 0.717) is 23.9 Å². The number of amides is 1. The van der Waals surface area contributed by atoms with Gasteiger partial charge in [-0.1, -0.05) is 23.7 Å². The van der Waals surface area contributed by atoms with E-state index in [0.717, 1.165) is 12.8 Å². The predicted molar refractivity (Wildman–Crippen MR) is 67.4 cm³/mol. The maximum atomic E-state index is 11.8. The van der Waals surface area contributed by atoms with Crippen LogP contribution in [0.25, 0.3) is 0 Å². The third-order valence-corrected chi connectivity index (χ3v) is 3.17. The molecule has 92 valence electrons. The molecule has 0 aliphatic carbocycles. The Morgan fingerprint density at radius 1 is 1.47 bits per heavy atom. The fourth-order valence-electron chi connectivity index (χ4n) is 2.04. The first-order valence-electron chi connectivity index (χ1n) is 5.64. The van der Waals surface area contributed by atoms with Crippen molar-refractivity contribution in [1.82, 2.24) is 0 Å². The summed E-state index contributed by atoms with van der Waals surface area (Å²) in [5.41, 5.74) is 6.26. The lowest BCUT2D eigenvalue weighted by Crippen LogP contribution is -2.46. The molecule has 2 rings (SSSR count). The number of benzene rings is 1. The molecule has 1 atom stereocenters. The maximum absolute atomic E-state index is 11.8. The van der Waals surface area contributed by atoms with E-state index in [2.05, 4.69) is 0 Å². The van der Waals surface area contributed by atoms with E-state index in [1.165, 1.54) is 0 Å². The number of hydrogen-bond donors (Lipinski definition) is 1. The number of halogens is 1. The predicted octanol–water partition coefficient (Wildman–Crippen LogP) is 2.40. The molecule has 0 saturated carbocycles. The average Bonchev–Trinajstić information content (AvgIpc) is 2.31. The highest BCUT2D eigenvalue weighted by atomic mass is 35.5. The zero-order chi connectivity index (χ0) is 12.3. The Balaban J connectivity index is 2.31. The molecule has 1 heterocycles. The van der Waals surface area contributed by atoms with Gasteiger partial charge >= 0.3 is 6.09 Å². The van der Waals surface area contributed by atoms with E-state index >= 15 is 0 Å². The van der Waals surface area contributed by atoms with Gasteiger partial charge in [0.1, 0.15) is 0 Å². The first-order chi connectivity index (χ1) is 8.24. The number of carbonyl (C=O) groups excluding carboxylic acids is 1. The van der Waals surface area contributed by atoms with Crippen molar-refractivity contribution in [2.75, 3.05) is 18.1 Å². The molecule has 1 aliphatic rings. The monoisotopic (exact) mass is 254 g/mol. The smallest absolute Gasteiger partial charge is 0.414 e. The van der Waals surface area contributed by atoms with Crippen LogP contribution in [0.3, 0.4) is 0 Å². The molecular weight excluding hydrogens is 240 g/mol. The summed E-state index contributed by atoms with van der Waals surface area (Å²) in [6.07, 6.45) is 1.19.